The normalized spacial score (nSPS) is 10.7. The molecule has 0 aliphatic rings. The summed E-state index contributed by atoms with van der Waals surface area (Å²) >= 11 is 0. The molecule has 0 aromatic carbocycles. The average molecular weight is 241 g/mol. The third-order valence-corrected chi connectivity index (χ3v) is 2.54. The van der Waals surface area contributed by atoms with Gasteiger partial charge in [-0.3, -0.25) is 0 Å². The first-order valence-corrected chi connectivity index (χ1v) is 5.47. The van der Waals surface area contributed by atoms with E-state index in [0.717, 1.165) is 17.2 Å². The van der Waals surface area contributed by atoms with Crippen LogP contribution in [0.4, 0.5) is 0 Å². The molecule has 0 N–H and O–H groups in total. The lowest BCUT2D eigenvalue weighted by Crippen LogP contribution is -2.02. The highest BCUT2D eigenvalue weighted by molar-refractivity contribution is 5.47. The molecule has 0 spiro atoms. The van der Waals surface area contributed by atoms with E-state index in [4.69, 9.17) is 0 Å². The molecule has 0 saturated carbocycles. The van der Waals surface area contributed by atoms with Crippen LogP contribution in [-0.2, 0) is 13.6 Å². The third kappa shape index (κ3) is 1.97. The first-order chi connectivity index (χ1) is 8.83. The summed E-state index contributed by atoms with van der Waals surface area (Å²) in [6, 6.07) is 3.74. The van der Waals surface area contributed by atoms with Crippen molar-refractivity contribution in [3.63, 3.8) is 0 Å². The van der Waals surface area contributed by atoms with E-state index in [0.29, 0.717) is 6.54 Å². The minimum atomic E-state index is 0.547. The van der Waals surface area contributed by atoms with Crippen molar-refractivity contribution in [2.24, 2.45) is 7.05 Å². The third-order valence-electron chi connectivity index (χ3n) is 2.54. The molecule has 3 heterocycles. The highest BCUT2D eigenvalue weighted by atomic mass is 15.4. The van der Waals surface area contributed by atoms with Gasteiger partial charge in [0.15, 0.2) is 5.82 Å². The highest BCUT2D eigenvalue weighted by Gasteiger charge is 2.08. The lowest BCUT2D eigenvalue weighted by Gasteiger charge is -1.97. The monoisotopic (exact) mass is 241 g/mol. The van der Waals surface area contributed by atoms with Crippen LogP contribution in [0.5, 0.6) is 0 Å². The summed E-state index contributed by atoms with van der Waals surface area (Å²) < 4.78 is 3.62. The molecule has 0 amide bonds. The number of hydrogen-bond donors (Lipinski definition) is 0. The Morgan fingerprint density at radius 1 is 1.22 bits per heavy atom. The van der Waals surface area contributed by atoms with E-state index in [2.05, 4.69) is 25.5 Å². The molecule has 7 nitrogen and oxygen atoms in total. The highest BCUT2D eigenvalue weighted by Crippen LogP contribution is 2.12. The fourth-order valence-corrected chi connectivity index (χ4v) is 1.67. The molecule has 90 valence electrons. The first kappa shape index (κ1) is 10.6. The summed E-state index contributed by atoms with van der Waals surface area (Å²) in [6.45, 7) is 0.547. The standard InChI is InChI=1S/C11H11N7/c1-17-6-5-12-11(17)10-8-18(16-15-10)7-9-3-2-4-13-14-9/h2-6,8H,7H2,1H3. The lowest BCUT2D eigenvalue weighted by atomic mass is 10.4. The van der Waals surface area contributed by atoms with E-state index in [1.165, 1.54) is 0 Å². The lowest BCUT2D eigenvalue weighted by molar-refractivity contribution is 0.631. The summed E-state index contributed by atoms with van der Waals surface area (Å²) in [4.78, 5) is 4.23. The second kappa shape index (κ2) is 4.36. The predicted octanol–water partition coefficient (Wildman–Crippen LogP) is 0.517. The van der Waals surface area contributed by atoms with Gasteiger partial charge in [0.25, 0.3) is 0 Å². The van der Waals surface area contributed by atoms with Crippen LogP contribution in [0.1, 0.15) is 5.69 Å². The molecule has 0 unspecified atom stereocenters. The number of rotatable bonds is 3. The largest absolute Gasteiger partial charge is 0.333 e. The van der Waals surface area contributed by atoms with E-state index in [1.54, 1.807) is 17.1 Å². The Labute approximate surface area is 103 Å². The van der Waals surface area contributed by atoms with Crippen LogP contribution in [0.25, 0.3) is 11.5 Å². The van der Waals surface area contributed by atoms with E-state index in [9.17, 15) is 0 Å². The zero-order valence-electron chi connectivity index (χ0n) is 9.80. The van der Waals surface area contributed by atoms with E-state index in [1.807, 2.05) is 36.1 Å². The van der Waals surface area contributed by atoms with E-state index >= 15 is 0 Å². The van der Waals surface area contributed by atoms with Crippen molar-refractivity contribution < 1.29 is 0 Å². The molecule has 18 heavy (non-hydrogen) atoms. The minimum Gasteiger partial charge on any atom is -0.333 e. The maximum atomic E-state index is 4.23. The number of aryl methyl sites for hydroxylation is 1. The number of hydrogen-bond acceptors (Lipinski definition) is 5. The number of nitrogens with zero attached hydrogens (tertiary/aromatic N) is 7. The summed E-state index contributed by atoms with van der Waals surface area (Å²) in [5.41, 5.74) is 1.58. The summed E-state index contributed by atoms with van der Waals surface area (Å²) in [5.74, 6) is 0.792. The second-order valence-corrected chi connectivity index (χ2v) is 3.88. The molecule has 7 heteroatoms. The summed E-state index contributed by atoms with van der Waals surface area (Å²) in [5, 5.41) is 16.0. The maximum Gasteiger partial charge on any atom is 0.161 e. The Hall–Kier alpha value is -2.57. The van der Waals surface area contributed by atoms with Crippen LogP contribution in [-0.4, -0.2) is 34.7 Å². The maximum absolute atomic E-state index is 4.23. The molecule has 0 aliphatic carbocycles. The first-order valence-electron chi connectivity index (χ1n) is 5.47. The molecule has 3 aromatic rings. The number of imidazole rings is 1. The molecule has 0 bridgehead atoms. The van der Waals surface area contributed by atoms with Gasteiger partial charge in [0.2, 0.25) is 0 Å². The van der Waals surface area contributed by atoms with Crippen LogP contribution in [0.15, 0.2) is 36.9 Å². The van der Waals surface area contributed by atoms with Crippen molar-refractivity contribution in [1.29, 1.82) is 0 Å². The average Bonchev–Trinajstić information content (AvgIpc) is 2.99. The van der Waals surface area contributed by atoms with Gasteiger partial charge in [-0.1, -0.05) is 5.21 Å². The van der Waals surface area contributed by atoms with Gasteiger partial charge in [-0.05, 0) is 12.1 Å². The van der Waals surface area contributed by atoms with Gasteiger partial charge >= 0.3 is 0 Å². The van der Waals surface area contributed by atoms with E-state index < -0.39 is 0 Å². The molecule has 0 saturated heterocycles. The summed E-state index contributed by atoms with van der Waals surface area (Å²) in [7, 11) is 1.92. The Morgan fingerprint density at radius 3 is 2.89 bits per heavy atom. The van der Waals surface area contributed by atoms with Crippen molar-refractivity contribution in [2.75, 3.05) is 0 Å². The Kier molecular flexibility index (Phi) is 2.56. The van der Waals surface area contributed by atoms with Crippen molar-refractivity contribution in [2.45, 2.75) is 6.54 Å². The van der Waals surface area contributed by atoms with Crippen molar-refractivity contribution in [1.82, 2.24) is 34.7 Å². The molecule has 0 atom stereocenters. The van der Waals surface area contributed by atoms with Crippen LogP contribution >= 0.6 is 0 Å². The van der Waals surface area contributed by atoms with Gasteiger partial charge in [0.05, 0.1) is 18.4 Å². The predicted molar refractivity (Wildman–Crippen MR) is 63.4 cm³/mol. The van der Waals surface area contributed by atoms with Crippen molar-refractivity contribution in [3.8, 4) is 11.5 Å². The van der Waals surface area contributed by atoms with Gasteiger partial charge < -0.3 is 4.57 Å². The summed E-state index contributed by atoms with van der Waals surface area (Å²) in [6.07, 6.45) is 7.09. The SMILES string of the molecule is Cn1ccnc1-c1cn(Cc2cccnn2)nn1. The Balaban J connectivity index is 1.84. The Bertz CT molecular complexity index is 640. The minimum absolute atomic E-state index is 0.547. The van der Waals surface area contributed by atoms with E-state index in [-0.39, 0.29) is 0 Å². The van der Waals surface area contributed by atoms with Crippen LogP contribution in [0.3, 0.4) is 0 Å². The molecular weight excluding hydrogens is 230 g/mol. The Morgan fingerprint density at radius 2 is 2.17 bits per heavy atom. The molecule has 0 fully saturated rings. The van der Waals surface area contributed by atoms with Gasteiger partial charge in [0.1, 0.15) is 5.69 Å². The van der Waals surface area contributed by atoms with Gasteiger partial charge in [-0.25, -0.2) is 9.67 Å². The zero-order chi connectivity index (χ0) is 12.4. The van der Waals surface area contributed by atoms with Crippen LogP contribution in [0, 0.1) is 0 Å². The molecule has 3 aromatic heterocycles. The topological polar surface area (TPSA) is 74.3 Å². The fourth-order valence-electron chi connectivity index (χ4n) is 1.67. The van der Waals surface area contributed by atoms with Crippen molar-refractivity contribution >= 4 is 0 Å². The second-order valence-electron chi connectivity index (χ2n) is 3.88. The molecule has 3 rings (SSSR count). The van der Waals surface area contributed by atoms with Crippen LogP contribution < -0.4 is 0 Å². The van der Waals surface area contributed by atoms with Crippen LogP contribution in [0.2, 0.25) is 0 Å². The quantitative estimate of drug-likeness (QED) is 0.668. The molecular formula is C11H11N7. The van der Waals surface area contributed by atoms with Gasteiger partial charge in [0, 0.05) is 25.6 Å². The van der Waals surface area contributed by atoms with Crippen molar-refractivity contribution in [3.05, 3.63) is 42.6 Å². The van der Waals surface area contributed by atoms with Gasteiger partial charge in [-0.15, -0.1) is 5.10 Å². The fraction of sp³-hybridized carbons (Fsp3) is 0.182. The smallest absolute Gasteiger partial charge is 0.161 e. The van der Waals surface area contributed by atoms with Gasteiger partial charge in [-0.2, -0.15) is 10.2 Å². The number of aromatic nitrogens is 7. The molecule has 0 aliphatic heterocycles. The molecule has 0 radical (unpaired) electrons. The zero-order valence-corrected chi connectivity index (χ0v) is 9.80.